The zero-order chi connectivity index (χ0) is 18.6. The number of hydrogen-bond acceptors (Lipinski definition) is 6. The van der Waals surface area contributed by atoms with E-state index in [1.54, 1.807) is 18.5 Å². The van der Waals surface area contributed by atoms with E-state index in [-0.39, 0.29) is 17.8 Å². The molecule has 0 aliphatic carbocycles. The Balaban J connectivity index is 1.61. The Kier molecular flexibility index (Phi) is 4.80. The first-order valence-corrected chi connectivity index (χ1v) is 8.93. The summed E-state index contributed by atoms with van der Waals surface area (Å²) in [6.07, 6.45) is 4.13. The van der Waals surface area contributed by atoms with Crippen molar-refractivity contribution in [3.8, 4) is 17.0 Å². The Morgan fingerprint density at radius 3 is 2.74 bits per heavy atom. The van der Waals surface area contributed by atoms with Crippen molar-refractivity contribution >= 4 is 29.1 Å². The van der Waals surface area contributed by atoms with Gasteiger partial charge < -0.3 is 16.2 Å². The summed E-state index contributed by atoms with van der Waals surface area (Å²) < 4.78 is 0. The van der Waals surface area contributed by atoms with Crippen molar-refractivity contribution < 1.29 is 5.11 Å². The van der Waals surface area contributed by atoms with Crippen molar-refractivity contribution in [3.63, 3.8) is 0 Å². The number of benzene rings is 2. The molecule has 0 fully saturated rings. The molecule has 4 rings (SSSR count). The molecular formula is C21H21N5O. The fourth-order valence-corrected chi connectivity index (χ4v) is 3.21. The number of nitrogens with two attached hydrogens (primary N) is 1. The highest BCUT2D eigenvalue weighted by Gasteiger charge is 2.14. The summed E-state index contributed by atoms with van der Waals surface area (Å²) >= 11 is 0. The summed E-state index contributed by atoms with van der Waals surface area (Å²) in [5, 5.41) is 14.7. The molecule has 2 atom stereocenters. The van der Waals surface area contributed by atoms with Crippen LogP contribution in [0.1, 0.15) is 6.42 Å². The lowest BCUT2D eigenvalue weighted by Gasteiger charge is -2.17. The van der Waals surface area contributed by atoms with Gasteiger partial charge in [0.2, 0.25) is 0 Å². The zero-order valence-electron chi connectivity index (χ0n) is 14.8. The minimum atomic E-state index is -0.0581. The largest absolute Gasteiger partial charge is 0.507 e. The maximum Gasteiger partial charge on any atom is 0.124 e. The first-order valence-electron chi connectivity index (χ1n) is 8.93. The summed E-state index contributed by atoms with van der Waals surface area (Å²) in [7, 11) is 0. The molecule has 0 spiro atoms. The molecule has 6 nitrogen and oxygen atoms in total. The predicted octanol–water partition coefficient (Wildman–Crippen LogP) is 3.22. The molecule has 1 aromatic heterocycles. The van der Waals surface area contributed by atoms with Crippen LogP contribution in [-0.4, -0.2) is 41.3 Å². The van der Waals surface area contributed by atoms with Crippen LogP contribution in [0.2, 0.25) is 0 Å². The van der Waals surface area contributed by atoms with Crippen LogP contribution in [0.4, 0.5) is 5.69 Å². The summed E-state index contributed by atoms with van der Waals surface area (Å²) in [5.41, 5.74) is 9.49. The number of phenols is 1. The summed E-state index contributed by atoms with van der Waals surface area (Å²) in [6.45, 7) is 0.605. The van der Waals surface area contributed by atoms with Gasteiger partial charge in [-0.1, -0.05) is 30.3 Å². The molecule has 2 heterocycles. The van der Waals surface area contributed by atoms with Gasteiger partial charge in [0.15, 0.2) is 0 Å². The number of fused-ring (bicyclic) bond motifs is 1. The molecule has 27 heavy (non-hydrogen) atoms. The number of pyridine rings is 1. The number of aliphatic imine (C=N–C) groups is 2. The second-order valence-corrected chi connectivity index (χ2v) is 6.60. The van der Waals surface area contributed by atoms with Crippen LogP contribution < -0.4 is 11.1 Å². The zero-order valence-corrected chi connectivity index (χ0v) is 14.8. The Hall–Kier alpha value is -3.25. The number of rotatable bonds is 6. The molecule has 4 N–H and O–H groups in total. The third-order valence-corrected chi connectivity index (χ3v) is 4.58. The Morgan fingerprint density at radius 1 is 1.11 bits per heavy atom. The monoisotopic (exact) mass is 359 g/mol. The van der Waals surface area contributed by atoms with Crippen molar-refractivity contribution in [2.45, 2.75) is 18.5 Å². The smallest absolute Gasteiger partial charge is 0.124 e. The van der Waals surface area contributed by atoms with Crippen molar-refractivity contribution in [2.75, 3.05) is 11.9 Å². The van der Waals surface area contributed by atoms with E-state index in [0.29, 0.717) is 12.1 Å². The van der Waals surface area contributed by atoms with Gasteiger partial charge in [-0.2, -0.15) is 0 Å². The van der Waals surface area contributed by atoms with E-state index in [0.717, 1.165) is 28.7 Å². The Labute approximate surface area is 157 Å². The number of anilines is 1. The lowest BCUT2D eigenvalue weighted by atomic mass is 10.1. The third kappa shape index (κ3) is 3.80. The van der Waals surface area contributed by atoms with E-state index in [2.05, 4.69) is 15.3 Å². The van der Waals surface area contributed by atoms with Crippen molar-refractivity contribution in [1.29, 1.82) is 0 Å². The van der Waals surface area contributed by atoms with Crippen LogP contribution in [0, 0.1) is 0 Å². The number of para-hydroxylation sites is 2. The van der Waals surface area contributed by atoms with Gasteiger partial charge in [0, 0.05) is 35.4 Å². The van der Waals surface area contributed by atoms with Crippen LogP contribution in [0.15, 0.2) is 64.6 Å². The quantitative estimate of drug-likeness (QED) is 0.630. The van der Waals surface area contributed by atoms with E-state index < -0.39 is 0 Å². The van der Waals surface area contributed by atoms with Crippen LogP contribution in [-0.2, 0) is 0 Å². The number of aromatic nitrogens is 1. The molecular weight excluding hydrogens is 338 g/mol. The molecule has 6 heteroatoms. The van der Waals surface area contributed by atoms with Gasteiger partial charge in [0.1, 0.15) is 12.1 Å². The molecule has 3 aromatic rings. The fourth-order valence-electron chi connectivity index (χ4n) is 3.21. The Bertz CT molecular complexity index is 1000. The number of aromatic hydroxyl groups is 1. The van der Waals surface area contributed by atoms with Gasteiger partial charge in [0.25, 0.3) is 0 Å². The topological polar surface area (TPSA) is 95.9 Å². The third-order valence-electron chi connectivity index (χ3n) is 4.58. The van der Waals surface area contributed by atoms with E-state index >= 15 is 0 Å². The first kappa shape index (κ1) is 17.2. The molecule has 0 saturated heterocycles. The second kappa shape index (κ2) is 7.55. The molecule has 1 unspecified atom stereocenters. The molecule has 0 radical (unpaired) electrons. The van der Waals surface area contributed by atoms with E-state index in [1.165, 1.54) is 0 Å². The number of phenolic OH excluding ortho intramolecular Hbond substituents is 1. The number of nitrogens with one attached hydrogen (secondary N) is 1. The highest BCUT2D eigenvalue weighted by molar-refractivity contribution is 5.94. The van der Waals surface area contributed by atoms with Gasteiger partial charge in [-0.15, -0.1) is 0 Å². The maximum absolute atomic E-state index is 10.2. The normalized spacial score (nSPS) is 16.7. The summed E-state index contributed by atoms with van der Waals surface area (Å²) in [6, 6.07) is 17.1. The highest BCUT2D eigenvalue weighted by atomic mass is 16.3. The minimum Gasteiger partial charge on any atom is -0.507 e. The Morgan fingerprint density at radius 2 is 1.93 bits per heavy atom. The number of hydrogen-bond donors (Lipinski definition) is 3. The van der Waals surface area contributed by atoms with E-state index in [1.807, 2.05) is 48.7 Å². The van der Waals surface area contributed by atoms with Crippen LogP contribution in [0.3, 0.4) is 0 Å². The van der Waals surface area contributed by atoms with Crippen molar-refractivity contribution in [3.05, 3.63) is 54.6 Å². The average Bonchev–Trinajstić information content (AvgIpc) is 3.19. The maximum atomic E-state index is 10.2. The fraction of sp³-hybridized carbons (Fsp3) is 0.190. The number of nitrogens with zero attached hydrogens (tertiary/aromatic N) is 3. The van der Waals surface area contributed by atoms with Crippen LogP contribution in [0.25, 0.3) is 22.2 Å². The van der Waals surface area contributed by atoms with Crippen LogP contribution in [0.5, 0.6) is 5.75 Å². The summed E-state index contributed by atoms with van der Waals surface area (Å²) in [4.78, 5) is 13.0. The van der Waals surface area contributed by atoms with E-state index in [9.17, 15) is 5.11 Å². The molecule has 0 bridgehead atoms. The average molecular weight is 359 g/mol. The SMILES string of the molecule is NC(CNc1cc(-c2ccccc2O)nc2ccccc12)C[C@@H]1C=NC=N1. The first-order chi connectivity index (χ1) is 13.2. The molecule has 1 aliphatic heterocycles. The molecule has 0 amide bonds. The van der Waals surface area contributed by atoms with Gasteiger partial charge in [-0.25, -0.2) is 9.98 Å². The van der Waals surface area contributed by atoms with Crippen LogP contribution >= 0.6 is 0 Å². The van der Waals surface area contributed by atoms with Gasteiger partial charge in [-0.3, -0.25) is 4.99 Å². The molecule has 136 valence electrons. The van der Waals surface area contributed by atoms with Crippen molar-refractivity contribution in [1.82, 2.24) is 4.98 Å². The van der Waals surface area contributed by atoms with E-state index in [4.69, 9.17) is 10.7 Å². The van der Waals surface area contributed by atoms with Gasteiger partial charge in [0.05, 0.1) is 17.3 Å². The van der Waals surface area contributed by atoms with Gasteiger partial charge >= 0.3 is 0 Å². The lowest BCUT2D eigenvalue weighted by molar-refractivity contribution is 0.477. The standard InChI is InChI=1S/C21H21N5O/c22-14(9-15-12-23-13-25-15)11-24-19-10-20(17-6-2-4-8-21(17)27)26-18-7-3-1-5-16(18)19/h1-8,10,12-15,27H,9,11,22H2,(H,24,26)/t14?,15-/m1/s1. The molecule has 2 aromatic carbocycles. The minimum absolute atomic E-state index is 0.0581. The second-order valence-electron chi connectivity index (χ2n) is 6.60. The predicted molar refractivity (Wildman–Crippen MR) is 111 cm³/mol. The summed E-state index contributed by atoms with van der Waals surface area (Å²) in [5.74, 6) is 0.210. The lowest BCUT2D eigenvalue weighted by Crippen LogP contribution is -2.32. The highest BCUT2D eigenvalue weighted by Crippen LogP contribution is 2.32. The van der Waals surface area contributed by atoms with Crippen molar-refractivity contribution in [2.24, 2.45) is 15.7 Å². The van der Waals surface area contributed by atoms with Gasteiger partial charge in [-0.05, 0) is 30.7 Å². The molecule has 1 aliphatic rings. The molecule has 0 saturated carbocycles.